The lowest BCUT2D eigenvalue weighted by Gasteiger charge is -2.44. The first-order valence-electron chi connectivity index (χ1n) is 10.3. The van der Waals surface area contributed by atoms with Gasteiger partial charge in [0, 0.05) is 5.56 Å². The van der Waals surface area contributed by atoms with Gasteiger partial charge in [-0.25, -0.2) is 0 Å². The lowest BCUT2D eigenvalue weighted by Crippen LogP contribution is -2.35. The summed E-state index contributed by atoms with van der Waals surface area (Å²) in [6, 6.07) is 6.29. The molecule has 27 heavy (non-hydrogen) atoms. The van der Waals surface area contributed by atoms with Crippen molar-refractivity contribution in [2.45, 2.75) is 89.9 Å². The average molecular weight is 397 g/mol. The van der Waals surface area contributed by atoms with Gasteiger partial charge in [-0.15, -0.1) is 0 Å². The van der Waals surface area contributed by atoms with E-state index in [9.17, 15) is 5.11 Å². The van der Waals surface area contributed by atoms with Gasteiger partial charge >= 0.3 is 8.60 Å². The van der Waals surface area contributed by atoms with Gasteiger partial charge in [0.25, 0.3) is 0 Å². The molecule has 2 aliphatic rings. The highest BCUT2D eigenvalue weighted by molar-refractivity contribution is 7.38. The maximum atomic E-state index is 10.8. The van der Waals surface area contributed by atoms with E-state index in [4.69, 9.17) is 14.7 Å². The van der Waals surface area contributed by atoms with E-state index in [1.807, 2.05) is 6.07 Å². The third kappa shape index (κ3) is 5.67. The summed E-state index contributed by atoms with van der Waals surface area (Å²) in [5, 5.41) is 10.8. The summed E-state index contributed by atoms with van der Waals surface area (Å²) in [5.74, 6) is 2.23. The summed E-state index contributed by atoms with van der Waals surface area (Å²) in [6.07, 6.45) is 10.2. The largest absolute Gasteiger partial charge is 0.508 e. The third-order valence-electron chi connectivity index (χ3n) is 7.05. The Bertz CT molecular complexity index is 598. The highest BCUT2D eigenvalue weighted by Gasteiger charge is 2.40. The second-order valence-electron chi connectivity index (χ2n) is 9.45. The summed E-state index contributed by atoms with van der Waals surface area (Å²) in [6.45, 7) is 9.58. The van der Waals surface area contributed by atoms with E-state index < -0.39 is 8.60 Å². The highest BCUT2D eigenvalue weighted by Crippen LogP contribution is 2.51. The van der Waals surface area contributed by atoms with Gasteiger partial charge in [-0.05, 0) is 85.7 Å². The molecule has 2 saturated carbocycles. The summed E-state index contributed by atoms with van der Waals surface area (Å²) >= 11 is 0. The fourth-order valence-corrected chi connectivity index (χ4v) is 5.00. The van der Waals surface area contributed by atoms with Crippen LogP contribution in [-0.4, -0.2) is 19.8 Å². The van der Waals surface area contributed by atoms with Crippen molar-refractivity contribution in [1.82, 2.24) is 0 Å². The molecule has 1 aromatic carbocycles. The molecule has 3 rings (SSSR count). The number of hydrogen-bond donors (Lipinski definition) is 4. The van der Waals surface area contributed by atoms with Crippen LogP contribution in [0.3, 0.4) is 0 Å². The van der Waals surface area contributed by atoms with Crippen molar-refractivity contribution < 1.29 is 19.8 Å². The van der Waals surface area contributed by atoms with Crippen LogP contribution in [0.25, 0.3) is 0 Å². The first-order valence-corrected chi connectivity index (χ1v) is 11.5. The molecule has 4 N–H and O–H groups in total. The monoisotopic (exact) mass is 396 g/mol. The molecule has 2 aliphatic carbocycles. The first kappa shape index (κ1) is 22.6. The Balaban J connectivity index is 0.000000596. The Morgan fingerprint density at radius 2 is 1.22 bits per heavy atom. The summed E-state index contributed by atoms with van der Waals surface area (Å²) in [4.78, 5) is 21.7. The van der Waals surface area contributed by atoms with Crippen molar-refractivity contribution in [2.75, 3.05) is 0 Å². The van der Waals surface area contributed by atoms with E-state index in [0.29, 0.717) is 5.75 Å². The van der Waals surface area contributed by atoms with Gasteiger partial charge in [0.1, 0.15) is 5.75 Å². The van der Waals surface area contributed by atoms with Gasteiger partial charge in [0.2, 0.25) is 0 Å². The number of benzene rings is 1. The molecule has 4 nitrogen and oxygen atoms in total. The van der Waals surface area contributed by atoms with E-state index in [0.717, 1.165) is 11.8 Å². The quantitative estimate of drug-likeness (QED) is 0.496. The van der Waals surface area contributed by atoms with Crippen LogP contribution < -0.4 is 0 Å². The summed E-state index contributed by atoms with van der Waals surface area (Å²) in [7, 11) is -2.62. The van der Waals surface area contributed by atoms with Crippen LogP contribution in [0, 0.1) is 11.8 Å². The predicted octanol–water partition coefficient (Wildman–Crippen LogP) is 5.52. The van der Waals surface area contributed by atoms with Crippen LogP contribution in [0.4, 0.5) is 0 Å². The molecule has 0 unspecified atom stereocenters. The zero-order chi connectivity index (χ0) is 20.2. The SMILES string of the molecule is CC1CCC(C)(c2cccc(O)c2C2(C)CCC(C)CC2)CC1.OP(O)O. The van der Waals surface area contributed by atoms with Gasteiger partial charge in [-0.3, -0.25) is 0 Å². The summed E-state index contributed by atoms with van der Waals surface area (Å²) in [5.41, 5.74) is 3.12. The minimum atomic E-state index is -2.62. The van der Waals surface area contributed by atoms with Crippen LogP contribution in [-0.2, 0) is 10.8 Å². The van der Waals surface area contributed by atoms with Gasteiger partial charge in [0.05, 0.1) is 0 Å². The minimum Gasteiger partial charge on any atom is -0.508 e. The molecule has 2 fully saturated rings. The highest BCUT2D eigenvalue weighted by atomic mass is 31.2. The molecule has 1 aromatic rings. The molecular weight excluding hydrogens is 359 g/mol. The number of rotatable bonds is 2. The Hall–Kier alpha value is -0.670. The van der Waals surface area contributed by atoms with Crippen molar-refractivity contribution in [3.63, 3.8) is 0 Å². The Morgan fingerprint density at radius 3 is 1.67 bits per heavy atom. The molecule has 0 spiro atoms. The minimum absolute atomic E-state index is 0.152. The first-order chi connectivity index (χ1) is 12.6. The molecule has 5 heteroatoms. The third-order valence-corrected chi connectivity index (χ3v) is 7.05. The van der Waals surface area contributed by atoms with Crippen LogP contribution in [0.2, 0.25) is 0 Å². The molecule has 0 radical (unpaired) electrons. The number of phenols is 1. The van der Waals surface area contributed by atoms with Gasteiger partial charge < -0.3 is 19.8 Å². The maximum Gasteiger partial charge on any atom is 0.324 e. The molecule has 0 bridgehead atoms. The fourth-order valence-electron chi connectivity index (χ4n) is 5.00. The lowest BCUT2D eigenvalue weighted by molar-refractivity contribution is 0.233. The number of hydrogen-bond acceptors (Lipinski definition) is 4. The zero-order valence-electron chi connectivity index (χ0n) is 17.3. The molecule has 0 amide bonds. The van der Waals surface area contributed by atoms with Gasteiger partial charge in [0.15, 0.2) is 0 Å². The van der Waals surface area contributed by atoms with Crippen LogP contribution in [0.15, 0.2) is 18.2 Å². The standard InChI is InChI=1S/C22H34O.H3O3P/c1-16-8-12-21(3,13-9-16)18-6-5-7-19(23)20(18)22(4)14-10-17(2)11-15-22;1-4(2)3/h5-7,16-17,23H,8-15H2,1-4H3;1-3H. The molecule has 154 valence electrons. The normalized spacial score (nSPS) is 34.1. The predicted molar refractivity (Wildman–Crippen MR) is 112 cm³/mol. The Kier molecular flexibility index (Phi) is 7.72. The van der Waals surface area contributed by atoms with E-state index in [2.05, 4.69) is 39.8 Å². The molecule has 0 atom stereocenters. The molecule has 0 aromatic heterocycles. The van der Waals surface area contributed by atoms with E-state index >= 15 is 0 Å². The summed E-state index contributed by atoms with van der Waals surface area (Å²) < 4.78 is 0. The topological polar surface area (TPSA) is 80.9 Å². The van der Waals surface area contributed by atoms with Crippen molar-refractivity contribution in [3.8, 4) is 5.75 Å². The smallest absolute Gasteiger partial charge is 0.324 e. The van der Waals surface area contributed by atoms with Crippen molar-refractivity contribution >= 4 is 8.60 Å². The maximum absolute atomic E-state index is 10.8. The molecule has 0 heterocycles. The molecule has 0 aliphatic heterocycles. The van der Waals surface area contributed by atoms with E-state index in [1.165, 1.54) is 62.5 Å². The van der Waals surface area contributed by atoms with Crippen LogP contribution >= 0.6 is 8.60 Å². The lowest BCUT2D eigenvalue weighted by atomic mass is 9.61. The zero-order valence-corrected chi connectivity index (χ0v) is 18.2. The van der Waals surface area contributed by atoms with Crippen molar-refractivity contribution in [3.05, 3.63) is 29.3 Å². The molecule has 0 saturated heterocycles. The van der Waals surface area contributed by atoms with Crippen LogP contribution in [0.5, 0.6) is 5.75 Å². The van der Waals surface area contributed by atoms with E-state index in [1.54, 1.807) is 0 Å². The average Bonchev–Trinajstić information content (AvgIpc) is 2.60. The Labute approximate surface area is 165 Å². The van der Waals surface area contributed by atoms with E-state index in [-0.39, 0.29) is 10.8 Å². The van der Waals surface area contributed by atoms with Crippen LogP contribution in [0.1, 0.15) is 90.2 Å². The fraction of sp³-hybridized carbons (Fsp3) is 0.727. The van der Waals surface area contributed by atoms with Gasteiger partial charge in [-0.1, -0.05) is 39.8 Å². The second kappa shape index (κ2) is 9.22. The molecular formula is C22H37O4P. The van der Waals surface area contributed by atoms with Crippen molar-refractivity contribution in [2.24, 2.45) is 11.8 Å². The Morgan fingerprint density at radius 1 is 0.815 bits per heavy atom. The van der Waals surface area contributed by atoms with Gasteiger partial charge in [-0.2, -0.15) is 0 Å². The second-order valence-corrected chi connectivity index (χ2v) is 9.99. The van der Waals surface area contributed by atoms with Crippen molar-refractivity contribution in [1.29, 1.82) is 0 Å². The number of phenolic OH excluding ortho intramolecular Hbond substituents is 1. The number of aromatic hydroxyl groups is 1.